The monoisotopic (exact) mass is 315 g/mol. The molecule has 0 unspecified atom stereocenters. The lowest BCUT2D eigenvalue weighted by Gasteiger charge is -2.08. The predicted octanol–water partition coefficient (Wildman–Crippen LogP) is 4.22. The maximum absolute atomic E-state index is 5.97. The summed E-state index contributed by atoms with van der Waals surface area (Å²) in [5, 5.41) is 10.7. The average Bonchev–Trinajstić information content (AvgIpc) is 2.83. The molecule has 6 nitrogen and oxygen atoms in total. The van der Waals surface area contributed by atoms with Crippen molar-refractivity contribution in [1.82, 2.24) is 15.1 Å². The Balaban J connectivity index is 1.83. The molecule has 2 aromatic heterocycles. The summed E-state index contributed by atoms with van der Waals surface area (Å²) in [6.45, 7) is 3.72. The molecule has 0 aliphatic heterocycles. The standard InChI is InChI=1S/C15H14ClN5O/c1-9-6-13(19-14-7-10(2)22-21-14)20-15(17-9)18-12-5-3-4-11(16)8-12/h3-8H,1-2H3,(H2,17,18,19,20,21). The summed E-state index contributed by atoms with van der Waals surface area (Å²) in [5.74, 6) is 2.44. The van der Waals surface area contributed by atoms with Crippen LogP contribution in [0.5, 0.6) is 0 Å². The van der Waals surface area contributed by atoms with Crippen molar-refractivity contribution in [3.8, 4) is 0 Å². The van der Waals surface area contributed by atoms with Crippen LogP contribution in [0.4, 0.5) is 23.3 Å². The number of hydrogen-bond donors (Lipinski definition) is 2. The zero-order valence-corrected chi connectivity index (χ0v) is 12.8. The van der Waals surface area contributed by atoms with E-state index in [4.69, 9.17) is 16.1 Å². The molecule has 0 amide bonds. The summed E-state index contributed by atoms with van der Waals surface area (Å²) in [6, 6.07) is 11.0. The SMILES string of the molecule is Cc1cc(Nc2cc(C)on2)nc(Nc2cccc(Cl)c2)n1. The van der Waals surface area contributed by atoms with Gasteiger partial charge < -0.3 is 15.2 Å². The van der Waals surface area contributed by atoms with Gasteiger partial charge in [-0.15, -0.1) is 0 Å². The highest BCUT2D eigenvalue weighted by molar-refractivity contribution is 6.30. The third-order valence-electron chi connectivity index (χ3n) is 2.82. The topological polar surface area (TPSA) is 75.9 Å². The maximum atomic E-state index is 5.97. The first-order valence-electron chi connectivity index (χ1n) is 6.67. The molecule has 0 saturated heterocycles. The van der Waals surface area contributed by atoms with Gasteiger partial charge in [-0.25, -0.2) is 4.98 Å². The van der Waals surface area contributed by atoms with Crippen LogP contribution in [0.15, 0.2) is 40.9 Å². The minimum atomic E-state index is 0.477. The molecule has 0 spiro atoms. The Morgan fingerprint density at radius 3 is 2.59 bits per heavy atom. The van der Waals surface area contributed by atoms with Gasteiger partial charge in [-0.2, -0.15) is 4.98 Å². The highest BCUT2D eigenvalue weighted by Gasteiger charge is 2.06. The van der Waals surface area contributed by atoms with Crippen LogP contribution in [0, 0.1) is 13.8 Å². The molecule has 22 heavy (non-hydrogen) atoms. The van der Waals surface area contributed by atoms with Crippen LogP contribution in [0.3, 0.4) is 0 Å². The summed E-state index contributed by atoms with van der Waals surface area (Å²) < 4.78 is 5.02. The molecular formula is C15H14ClN5O. The second-order valence-electron chi connectivity index (χ2n) is 4.80. The zero-order valence-electron chi connectivity index (χ0n) is 12.1. The lowest BCUT2D eigenvalue weighted by Crippen LogP contribution is -2.02. The van der Waals surface area contributed by atoms with Gasteiger partial charge in [-0.1, -0.05) is 22.8 Å². The number of halogens is 1. The Morgan fingerprint density at radius 1 is 1.00 bits per heavy atom. The third-order valence-corrected chi connectivity index (χ3v) is 3.05. The van der Waals surface area contributed by atoms with E-state index < -0.39 is 0 Å². The van der Waals surface area contributed by atoms with Crippen LogP contribution in [0.1, 0.15) is 11.5 Å². The fourth-order valence-electron chi connectivity index (χ4n) is 1.94. The quantitative estimate of drug-likeness (QED) is 0.750. The molecule has 7 heteroatoms. The van der Waals surface area contributed by atoms with E-state index in [1.54, 1.807) is 12.1 Å². The van der Waals surface area contributed by atoms with Gasteiger partial charge in [-0.3, -0.25) is 0 Å². The first-order chi connectivity index (χ1) is 10.6. The predicted molar refractivity (Wildman–Crippen MR) is 86.0 cm³/mol. The number of nitrogens with zero attached hydrogens (tertiary/aromatic N) is 3. The molecule has 0 aliphatic rings. The molecule has 0 fully saturated rings. The number of benzene rings is 1. The van der Waals surface area contributed by atoms with E-state index in [9.17, 15) is 0 Å². The average molecular weight is 316 g/mol. The Morgan fingerprint density at radius 2 is 1.86 bits per heavy atom. The second kappa shape index (κ2) is 6.03. The van der Waals surface area contributed by atoms with E-state index in [0.29, 0.717) is 22.6 Å². The van der Waals surface area contributed by atoms with Crippen molar-refractivity contribution in [2.45, 2.75) is 13.8 Å². The van der Waals surface area contributed by atoms with E-state index in [1.807, 2.05) is 38.1 Å². The number of aryl methyl sites for hydroxylation is 2. The van der Waals surface area contributed by atoms with Gasteiger partial charge in [0, 0.05) is 28.5 Å². The fraction of sp³-hybridized carbons (Fsp3) is 0.133. The summed E-state index contributed by atoms with van der Waals surface area (Å²) >= 11 is 5.97. The van der Waals surface area contributed by atoms with Gasteiger partial charge >= 0.3 is 0 Å². The molecule has 0 radical (unpaired) electrons. The van der Waals surface area contributed by atoms with Crippen molar-refractivity contribution in [3.63, 3.8) is 0 Å². The van der Waals surface area contributed by atoms with E-state index in [-0.39, 0.29) is 0 Å². The molecule has 2 N–H and O–H groups in total. The molecule has 3 rings (SSSR count). The highest BCUT2D eigenvalue weighted by Crippen LogP contribution is 2.21. The van der Waals surface area contributed by atoms with Crippen molar-refractivity contribution < 1.29 is 4.52 Å². The Bertz CT molecular complexity index is 802. The fourth-order valence-corrected chi connectivity index (χ4v) is 2.13. The van der Waals surface area contributed by atoms with Gasteiger partial charge in [-0.05, 0) is 32.0 Å². The lowest BCUT2D eigenvalue weighted by molar-refractivity contribution is 0.400. The maximum Gasteiger partial charge on any atom is 0.229 e. The van der Waals surface area contributed by atoms with Crippen LogP contribution < -0.4 is 10.6 Å². The largest absolute Gasteiger partial charge is 0.360 e. The van der Waals surface area contributed by atoms with Crippen molar-refractivity contribution in [2.75, 3.05) is 10.6 Å². The van der Waals surface area contributed by atoms with E-state index >= 15 is 0 Å². The molecule has 0 atom stereocenters. The summed E-state index contributed by atoms with van der Waals surface area (Å²) in [7, 11) is 0. The van der Waals surface area contributed by atoms with Crippen molar-refractivity contribution in [3.05, 3.63) is 52.9 Å². The lowest BCUT2D eigenvalue weighted by atomic mass is 10.3. The number of nitrogens with one attached hydrogen (secondary N) is 2. The van der Waals surface area contributed by atoms with Crippen LogP contribution in [0.2, 0.25) is 5.02 Å². The third kappa shape index (κ3) is 3.53. The van der Waals surface area contributed by atoms with Gasteiger partial charge in [0.05, 0.1) is 0 Å². The number of anilines is 4. The Kier molecular flexibility index (Phi) is 3.93. The molecule has 1 aromatic carbocycles. The molecule has 2 heterocycles. The number of aromatic nitrogens is 3. The Labute approximate surface area is 132 Å². The summed E-state index contributed by atoms with van der Waals surface area (Å²) in [6.07, 6.45) is 0. The van der Waals surface area contributed by atoms with E-state index in [0.717, 1.165) is 17.1 Å². The first kappa shape index (κ1) is 14.3. The molecule has 0 saturated carbocycles. The zero-order chi connectivity index (χ0) is 15.5. The number of hydrogen-bond acceptors (Lipinski definition) is 6. The normalized spacial score (nSPS) is 10.5. The smallest absolute Gasteiger partial charge is 0.229 e. The van der Waals surface area contributed by atoms with Gasteiger partial charge in [0.15, 0.2) is 5.82 Å². The van der Waals surface area contributed by atoms with E-state index in [2.05, 4.69) is 25.8 Å². The molecule has 0 aliphatic carbocycles. The highest BCUT2D eigenvalue weighted by atomic mass is 35.5. The second-order valence-corrected chi connectivity index (χ2v) is 5.24. The minimum absolute atomic E-state index is 0.477. The summed E-state index contributed by atoms with van der Waals surface area (Å²) in [4.78, 5) is 8.76. The Hall–Kier alpha value is -2.60. The van der Waals surface area contributed by atoms with Crippen LogP contribution in [-0.4, -0.2) is 15.1 Å². The molecular weight excluding hydrogens is 302 g/mol. The van der Waals surface area contributed by atoms with Crippen LogP contribution in [0.25, 0.3) is 0 Å². The summed E-state index contributed by atoms with van der Waals surface area (Å²) in [5.41, 5.74) is 1.64. The number of rotatable bonds is 4. The van der Waals surface area contributed by atoms with Gasteiger partial charge in [0.25, 0.3) is 0 Å². The van der Waals surface area contributed by atoms with Crippen molar-refractivity contribution in [2.24, 2.45) is 0 Å². The minimum Gasteiger partial charge on any atom is -0.360 e. The first-order valence-corrected chi connectivity index (χ1v) is 7.05. The van der Waals surface area contributed by atoms with Crippen LogP contribution >= 0.6 is 11.6 Å². The van der Waals surface area contributed by atoms with Gasteiger partial charge in [0.2, 0.25) is 5.95 Å². The van der Waals surface area contributed by atoms with Gasteiger partial charge in [0.1, 0.15) is 11.6 Å². The van der Waals surface area contributed by atoms with Crippen molar-refractivity contribution >= 4 is 34.9 Å². The van der Waals surface area contributed by atoms with E-state index in [1.165, 1.54) is 0 Å². The molecule has 0 bridgehead atoms. The molecule has 112 valence electrons. The molecule has 3 aromatic rings. The van der Waals surface area contributed by atoms with Crippen molar-refractivity contribution in [1.29, 1.82) is 0 Å². The van der Waals surface area contributed by atoms with Crippen LogP contribution in [-0.2, 0) is 0 Å².